The number of fused-ring (bicyclic) bond motifs is 2. The van der Waals surface area contributed by atoms with Crippen LogP contribution in [0.3, 0.4) is 0 Å². The number of aromatic nitrogens is 3. The first-order chi connectivity index (χ1) is 13.2. The number of rotatable bonds is 5. The summed E-state index contributed by atoms with van der Waals surface area (Å²) in [4.78, 5) is 22.5. The van der Waals surface area contributed by atoms with Crippen LogP contribution in [-0.2, 0) is 11.3 Å². The number of pyridine rings is 1. The lowest BCUT2D eigenvalue weighted by Gasteiger charge is -2.27. The third-order valence-corrected chi connectivity index (χ3v) is 5.12. The molecule has 138 valence electrons. The molecule has 2 aliphatic rings. The highest BCUT2D eigenvalue weighted by Gasteiger charge is 2.26. The second-order valence-electron chi connectivity index (χ2n) is 7.14. The summed E-state index contributed by atoms with van der Waals surface area (Å²) in [6.07, 6.45) is 6.29. The van der Waals surface area contributed by atoms with Crippen LogP contribution in [0.2, 0.25) is 0 Å². The zero-order chi connectivity index (χ0) is 18.4. The number of nitrogens with one attached hydrogen (secondary N) is 1. The molecular formula is C20H21N5O2. The Kier molecular flexibility index (Phi) is 3.74. The van der Waals surface area contributed by atoms with Gasteiger partial charge in [0.25, 0.3) is 5.91 Å². The molecule has 1 amide bonds. The van der Waals surface area contributed by atoms with Crippen molar-refractivity contribution in [3.63, 3.8) is 0 Å². The molecule has 27 heavy (non-hydrogen) atoms. The van der Waals surface area contributed by atoms with E-state index in [4.69, 9.17) is 4.74 Å². The number of carbonyl (C=O) groups is 1. The van der Waals surface area contributed by atoms with Crippen LogP contribution in [0.1, 0.15) is 19.8 Å². The van der Waals surface area contributed by atoms with E-state index in [1.54, 1.807) is 11.1 Å². The first-order valence-corrected chi connectivity index (χ1v) is 9.36. The largest absolute Gasteiger partial charge is 0.480 e. The molecule has 0 radical (unpaired) electrons. The van der Waals surface area contributed by atoms with E-state index in [0.717, 1.165) is 34.9 Å². The topological polar surface area (TPSA) is 72.3 Å². The van der Waals surface area contributed by atoms with Crippen molar-refractivity contribution in [2.24, 2.45) is 5.92 Å². The number of imidazole rings is 1. The highest BCUT2D eigenvalue weighted by Crippen LogP contribution is 2.34. The van der Waals surface area contributed by atoms with Crippen LogP contribution in [-0.4, -0.2) is 33.6 Å². The molecule has 1 fully saturated rings. The van der Waals surface area contributed by atoms with Crippen molar-refractivity contribution in [3.8, 4) is 5.75 Å². The van der Waals surface area contributed by atoms with Crippen molar-refractivity contribution in [1.82, 2.24) is 14.5 Å². The maximum absolute atomic E-state index is 11.9. The van der Waals surface area contributed by atoms with Crippen LogP contribution in [0.15, 0.2) is 36.8 Å². The predicted molar refractivity (Wildman–Crippen MR) is 103 cm³/mol. The zero-order valence-electron chi connectivity index (χ0n) is 15.2. The van der Waals surface area contributed by atoms with E-state index < -0.39 is 0 Å². The third kappa shape index (κ3) is 2.99. The number of hydrogen-bond donors (Lipinski definition) is 1. The number of anilines is 3. The lowest BCUT2D eigenvalue weighted by atomic mass is 10.2. The molecule has 5 rings (SSSR count). The van der Waals surface area contributed by atoms with Gasteiger partial charge < -0.3 is 14.6 Å². The van der Waals surface area contributed by atoms with Crippen LogP contribution in [0.5, 0.6) is 5.75 Å². The molecule has 1 N–H and O–H groups in total. The molecule has 1 aromatic carbocycles. The molecule has 0 atom stereocenters. The van der Waals surface area contributed by atoms with Gasteiger partial charge in [-0.15, -0.1) is 0 Å². The number of benzene rings is 1. The van der Waals surface area contributed by atoms with Crippen molar-refractivity contribution < 1.29 is 9.53 Å². The smallest absolute Gasteiger partial charge is 0.266 e. The summed E-state index contributed by atoms with van der Waals surface area (Å²) in [5.41, 5.74) is 3.94. The summed E-state index contributed by atoms with van der Waals surface area (Å²) in [7, 11) is 0. The molecule has 3 aromatic rings. The third-order valence-electron chi connectivity index (χ3n) is 5.12. The molecule has 0 unspecified atom stereocenters. The molecule has 2 aromatic heterocycles. The fourth-order valence-corrected chi connectivity index (χ4v) is 3.50. The minimum Gasteiger partial charge on any atom is -0.480 e. The first kappa shape index (κ1) is 16.1. The number of ether oxygens (including phenoxy) is 1. The number of hydrogen-bond acceptors (Lipinski definition) is 5. The van der Waals surface area contributed by atoms with Crippen LogP contribution in [0, 0.1) is 5.92 Å². The van der Waals surface area contributed by atoms with Crippen LogP contribution < -0.4 is 15.0 Å². The van der Waals surface area contributed by atoms with Gasteiger partial charge in [0, 0.05) is 24.8 Å². The average molecular weight is 363 g/mol. The maximum atomic E-state index is 11.9. The van der Waals surface area contributed by atoms with Gasteiger partial charge >= 0.3 is 0 Å². The van der Waals surface area contributed by atoms with E-state index in [9.17, 15) is 4.79 Å². The average Bonchev–Trinajstić information content (AvgIpc) is 3.41. The minimum absolute atomic E-state index is 0.0539. The molecule has 7 heteroatoms. The van der Waals surface area contributed by atoms with Gasteiger partial charge in [-0.3, -0.25) is 9.69 Å². The Morgan fingerprint density at radius 2 is 2.11 bits per heavy atom. The number of likely N-dealkylation sites (N-methyl/N-ethyl adjacent to an activating group) is 1. The monoisotopic (exact) mass is 363 g/mol. The molecule has 1 aliphatic carbocycles. The van der Waals surface area contributed by atoms with E-state index in [1.165, 1.54) is 12.8 Å². The van der Waals surface area contributed by atoms with Gasteiger partial charge in [0.1, 0.15) is 0 Å². The van der Waals surface area contributed by atoms with Gasteiger partial charge in [-0.25, -0.2) is 9.97 Å². The van der Waals surface area contributed by atoms with Gasteiger partial charge in [0.2, 0.25) is 0 Å². The Labute approximate surface area is 157 Å². The molecule has 0 saturated heterocycles. The fraction of sp³-hybridized carbons (Fsp3) is 0.350. The van der Waals surface area contributed by atoms with Gasteiger partial charge in [0.05, 0.1) is 29.2 Å². The van der Waals surface area contributed by atoms with Crippen molar-refractivity contribution >= 4 is 34.1 Å². The molecule has 0 bridgehead atoms. The van der Waals surface area contributed by atoms with E-state index in [0.29, 0.717) is 18.1 Å². The summed E-state index contributed by atoms with van der Waals surface area (Å²) < 4.78 is 7.80. The molecule has 3 heterocycles. The van der Waals surface area contributed by atoms with Crippen LogP contribution in [0.4, 0.5) is 17.2 Å². The summed E-state index contributed by atoms with van der Waals surface area (Å²) in [6.45, 7) is 3.60. The van der Waals surface area contributed by atoms with Crippen molar-refractivity contribution in [2.75, 3.05) is 23.4 Å². The van der Waals surface area contributed by atoms with Gasteiger partial charge in [-0.2, -0.15) is 0 Å². The second kappa shape index (κ2) is 6.26. The first-order valence-electron chi connectivity index (χ1n) is 9.36. The number of nitrogens with zero attached hydrogens (tertiary/aromatic N) is 4. The van der Waals surface area contributed by atoms with E-state index in [1.807, 2.05) is 31.5 Å². The van der Waals surface area contributed by atoms with E-state index in [2.05, 4.69) is 25.9 Å². The quantitative estimate of drug-likeness (QED) is 0.753. The Hall–Kier alpha value is -3.09. The Bertz CT molecular complexity index is 1020. The van der Waals surface area contributed by atoms with Gasteiger partial charge in [-0.1, -0.05) is 0 Å². The highest BCUT2D eigenvalue weighted by atomic mass is 16.5. The lowest BCUT2D eigenvalue weighted by molar-refractivity contribution is -0.121. The fourth-order valence-electron chi connectivity index (χ4n) is 3.50. The normalized spacial score (nSPS) is 16.3. The highest BCUT2D eigenvalue weighted by molar-refractivity contribution is 5.96. The van der Waals surface area contributed by atoms with Gasteiger partial charge in [-0.05, 0) is 43.9 Å². The molecular weight excluding hydrogens is 342 g/mol. The van der Waals surface area contributed by atoms with Gasteiger partial charge in [0.15, 0.2) is 18.2 Å². The van der Waals surface area contributed by atoms with Crippen LogP contribution >= 0.6 is 0 Å². The summed E-state index contributed by atoms with van der Waals surface area (Å²) in [6, 6.07) is 8.05. The van der Waals surface area contributed by atoms with Crippen molar-refractivity contribution in [1.29, 1.82) is 0 Å². The lowest BCUT2D eigenvalue weighted by Crippen LogP contribution is -2.39. The summed E-state index contributed by atoms with van der Waals surface area (Å²) in [5.74, 6) is 1.94. The summed E-state index contributed by atoms with van der Waals surface area (Å²) in [5, 5.41) is 3.39. The molecule has 7 nitrogen and oxygen atoms in total. The maximum Gasteiger partial charge on any atom is 0.266 e. The molecule has 1 saturated carbocycles. The Balaban J connectivity index is 1.42. The summed E-state index contributed by atoms with van der Waals surface area (Å²) >= 11 is 0. The second-order valence-corrected chi connectivity index (χ2v) is 7.14. The molecule has 0 spiro atoms. The standard InChI is InChI=1S/C20H21N5O2/c1-2-25-19(26)11-27-18-8-15(9-21-20(18)25)23-14-5-6-16-17(7-14)24(12-22-16)10-13-3-4-13/h5-9,12-13,23H,2-4,10-11H2,1H3. The van der Waals surface area contributed by atoms with Crippen LogP contribution in [0.25, 0.3) is 11.0 Å². The van der Waals surface area contributed by atoms with Crippen molar-refractivity contribution in [2.45, 2.75) is 26.3 Å². The van der Waals surface area contributed by atoms with Crippen molar-refractivity contribution in [3.05, 3.63) is 36.8 Å². The molecule has 1 aliphatic heterocycles. The zero-order valence-corrected chi connectivity index (χ0v) is 15.2. The SMILES string of the molecule is CCN1C(=O)COc2cc(Nc3ccc4ncn(CC5CC5)c4c3)cnc21. The Morgan fingerprint density at radius 1 is 1.22 bits per heavy atom. The Morgan fingerprint density at radius 3 is 2.93 bits per heavy atom. The number of carbonyl (C=O) groups excluding carboxylic acids is 1. The van der Waals surface area contributed by atoms with E-state index in [-0.39, 0.29) is 12.5 Å². The predicted octanol–water partition coefficient (Wildman–Crippen LogP) is 3.33. The number of amides is 1. The minimum atomic E-state index is -0.0624. The van der Waals surface area contributed by atoms with E-state index >= 15 is 0 Å².